The van der Waals surface area contributed by atoms with Crippen molar-refractivity contribution in [1.82, 2.24) is 9.97 Å². The topological polar surface area (TPSA) is 52.1 Å². The lowest BCUT2D eigenvalue weighted by atomic mass is 9.98. The molecule has 0 bridgehead atoms. The highest BCUT2D eigenvalue weighted by molar-refractivity contribution is 6.16. The zero-order chi connectivity index (χ0) is 18.8. The summed E-state index contributed by atoms with van der Waals surface area (Å²) < 4.78 is 5.23. The Labute approximate surface area is 157 Å². The third kappa shape index (κ3) is 3.17. The second kappa shape index (κ2) is 7.00. The van der Waals surface area contributed by atoms with Crippen LogP contribution in [0.1, 0.15) is 21.6 Å². The van der Waals surface area contributed by atoms with Gasteiger partial charge in [-0.1, -0.05) is 24.3 Å². The number of hydrogen-bond acceptors (Lipinski definition) is 4. The van der Waals surface area contributed by atoms with E-state index in [2.05, 4.69) is 4.98 Å². The Hall–Kier alpha value is -3.53. The summed E-state index contributed by atoms with van der Waals surface area (Å²) in [6.07, 6.45) is 1.63. The van der Waals surface area contributed by atoms with Crippen molar-refractivity contribution in [1.29, 1.82) is 0 Å². The van der Waals surface area contributed by atoms with Crippen molar-refractivity contribution in [2.24, 2.45) is 0 Å². The fourth-order valence-electron chi connectivity index (χ4n) is 3.12. The zero-order valence-electron chi connectivity index (χ0n) is 15.1. The molecular weight excluding hydrogens is 336 g/mol. The number of ether oxygens (including phenoxy) is 1. The lowest BCUT2D eigenvalue weighted by Gasteiger charge is -2.11. The third-order valence-corrected chi connectivity index (χ3v) is 4.57. The average molecular weight is 354 g/mol. The van der Waals surface area contributed by atoms with Gasteiger partial charge in [0.05, 0.1) is 18.3 Å². The normalized spacial score (nSPS) is 10.7. The number of carbonyl (C=O) groups is 1. The van der Waals surface area contributed by atoms with Crippen molar-refractivity contribution in [2.75, 3.05) is 7.11 Å². The molecule has 132 valence electrons. The highest BCUT2D eigenvalue weighted by Gasteiger charge is 2.17. The Balaban J connectivity index is 1.94. The number of aromatic nitrogens is 2. The van der Waals surface area contributed by atoms with Crippen LogP contribution >= 0.6 is 0 Å². The first-order valence-corrected chi connectivity index (χ1v) is 8.68. The maximum absolute atomic E-state index is 13.1. The van der Waals surface area contributed by atoms with Gasteiger partial charge in [-0.05, 0) is 55.0 Å². The number of rotatable bonds is 4. The number of carbonyl (C=O) groups excluding carboxylic acids is 1. The molecule has 0 aliphatic heterocycles. The number of fused-ring (bicyclic) bond motifs is 1. The van der Waals surface area contributed by atoms with Crippen LogP contribution in [0.25, 0.3) is 22.2 Å². The van der Waals surface area contributed by atoms with Crippen LogP contribution in [-0.4, -0.2) is 22.9 Å². The highest BCUT2D eigenvalue weighted by Crippen LogP contribution is 2.29. The molecule has 2 aromatic heterocycles. The Bertz CT molecular complexity index is 1120. The minimum absolute atomic E-state index is 0.108. The van der Waals surface area contributed by atoms with Gasteiger partial charge in [0.15, 0.2) is 0 Å². The number of ketones is 1. The SMILES string of the molecule is COc1ccc(-c2cc(C(=O)c3ccccn3)c3cccc(C)c3n2)cc1. The van der Waals surface area contributed by atoms with Gasteiger partial charge in [-0.15, -0.1) is 0 Å². The third-order valence-electron chi connectivity index (χ3n) is 4.57. The predicted molar refractivity (Wildman–Crippen MR) is 106 cm³/mol. The molecule has 0 saturated heterocycles. The van der Waals surface area contributed by atoms with Crippen molar-refractivity contribution < 1.29 is 9.53 Å². The number of aryl methyl sites for hydroxylation is 1. The lowest BCUT2D eigenvalue weighted by molar-refractivity contribution is 0.103. The largest absolute Gasteiger partial charge is 0.497 e. The highest BCUT2D eigenvalue weighted by atomic mass is 16.5. The monoisotopic (exact) mass is 354 g/mol. The molecule has 0 atom stereocenters. The molecule has 2 aromatic carbocycles. The molecule has 4 rings (SSSR count). The van der Waals surface area contributed by atoms with Gasteiger partial charge in [-0.25, -0.2) is 4.98 Å². The summed E-state index contributed by atoms with van der Waals surface area (Å²) in [5.41, 5.74) is 4.55. The molecule has 0 fully saturated rings. The van der Waals surface area contributed by atoms with Gasteiger partial charge in [0.25, 0.3) is 0 Å². The number of methoxy groups -OCH3 is 1. The standard InChI is InChI=1S/C23H18N2O2/c1-15-6-5-7-18-19(23(26)20-8-3-4-13-24-20)14-21(25-22(15)18)16-9-11-17(27-2)12-10-16/h3-14H,1-2H3. The van der Waals surface area contributed by atoms with Crippen molar-refractivity contribution in [3.05, 3.63) is 89.7 Å². The van der Waals surface area contributed by atoms with Crippen LogP contribution in [0.5, 0.6) is 5.75 Å². The second-order valence-corrected chi connectivity index (χ2v) is 6.30. The summed E-state index contributed by atoms with van der Waals surface area (Å²) >= 11 is 0. The van der Waals surface area contributed by atoms with Crippen LogP contribution in [0.4, 0.5) is 0 Å². The lowest BCUT2D eigenvalue weighted by Crippen LogP contribution is -2.06. The first-order chi connectivity index (χ1) is 13.2. The van der Waals surface area contributed by atoms with Gasteiger partial charge in [0, 0.05) is 22.7 Å². The van der Waals surface area contributed by atoms with Gasteiger partial charge in [-0.2, -0.15) is 0 Å². The molecule has 0 amide bonds. The molecule has 4 nitrogen and oxygen atoms in total. The minimum Gasteiger partial charge on any atom is -0.497 e. The molecule has 2 heterocycles. The van der Waals surface area contributed by atoms with Crippen LogP contribution in [0.3, 0.4) is 0 Å². The van der Waals surface area contributed by atoms with Crippen LogP contribution in [-0.2, 0) is 0 Å². The zero-order valence-corrected chi connectivity index (χ0v) is 15.1. The van der Waals surface area contributed by atoms with Crippen LogP contribution in [0.15, 0.2) is 72.9 Å². The summed E-state index contributed by atoms with van der Waals surface area (Å²) in [7, 11) is 1.64. The number of benzene rings is 2. The maximum atomic E-state index is 13.1. The molecule has 4 aromatic rings. The number of hydrogen-bond donors (Lipinski definition) is 0. The van der Waals surface area contributed by atoms with Crippen LogP contribution in [0, 0.1) is 6.92 Å². The predicted octanol–water partition coefficient (Wildman–Crippen LogP) is 4.84. The Morgan fingerprint density at radius 3 is 2.48 bits per heavy atom. The average Bonchev–Trinajstić information content (AvgIpc) is 2.73. The molecule has 4 heteroatoms. The first kappa shape index (κ1) is 16.9. The summed E-state index contributed by atoms with van der Waals surface area (Å²) in [5, 5.41) is 0.836. The van der Waals surface area contributed by atoms with Gasteiger partial charge in [-0.3, -0.25) is 9.78 Å². The summed E-state index contributed by atoms with van der Waals surface area (Å²) in [5.74, 6) is 0.670. The second-order valence-electron chi connectivity index (χ2n) is 6.30. The quantitative estimate of drug-likeness (QED) is 0.492. The molecule has 0 saturated carbocycles. The van der Waals surface area contributed by atoms with Crippen LogP contribution < -0.4 is 4.74 Å². The van der Waals surface area contributed by atoms with E-state index in [0.717, 1.165) is 33.5 Å². The summed E-state index contributed by atoms with van der Waals surface area (Å²) in [6.45, 7) is 2.00. The molecule has 0 unspecified atom stereocenters. The van der Waals surface area contributed by atoms with Gasteiger partial charge < -0.3 is 4.74 Å². The van der Waals surface area contributed by atoms with E-state index in [4.69, 9.17) is 9.72 Å². The Morgan fingerprint density at radius 1 is 0.963 bits per heavy atom. The van der Waals surface area contributed by atoms with E-state index in [1.54, 1.807) is 25.4 Å². The number of pyridine rings is 2. The van der Waals surface area contributed by atoms with E-state index in [1.165, 1.54) is 0 Å². The minimum atomic E-state index is -0.108. The van der Waals surface area contributed by atoms with E-state index >= 15 is 0 Å². The van der Waals surface area contributed by atoms with E-state index in [9.17, 15) is 4.79 Å². The van der Waals surface area contributed by atoms with Gasteiger partial charge >= 0.3 is 0 Å². The molecular formula is C23H18N2O2. The molecule has 27 heavy (non-hydrogen) atoms. The van der Waals surface area contributed by atoms with E-state index < -0.39 is 0 Å². The van der Waals surface area contributed by atoms with Gasteiger partial charge in [0.1, 0.15) is 11.4 Å². The van der Waals surface area contributed by atoms with E-state index in [-0.39, 0.29) is 5.78 Å². The molecule has 0 aliphatic rings. The summed E-state index contributed by atoms with van der Waals surface area (Å²) in [4.78, 5) is 22.2. The van der Waals surface area contributed by atoms with E-state index in [0.29, 0.717) is 11.3 Å². The van der Waals surface area contributed by atoms with Gasteiger partial charge in [0.2, 0.25) is 5.78 Å². The molecule has 0 spiro atoms. The van der Waals surface area contributed by atoms with Crippen molar-refractivity contribution in [3.8, 4) is 17.0 Å². The Morgan fingerprint density at radius 2 is 1.78 bits per heavy atom. The maximum Gasteiger partial charge on any atom is 0.212 e. The van der Waals surface area contributed by atoms with Crippen molar-refractivity contribution >= 4 is 16.7 Å². The molecule has 0 N–H and O–H groups in total. The smallest absolute Gasteiger partial charge is 0.212 e. The van der Waals surface area contributed by atoms with Crippen molar-refractivity contribution in [2.45, 2.75) is 6.92 Å². The molecule has 0 aliphatic carbocycles. The summed E-state index contributed by atoms with van der Waals surface area (Å²) in [6, 6.07) is 20.7. The fourth-order valence-corrected chi connectivity index (χ4v) is 3.12. The molecule has 0 radical (unpaired) electrons. The van der Waals surface area contributed by atoms with Crippen LogP contribution in [0.2, 0.25) is 0 Å². The Kier molecular flexibility index (Phi) is 4.38. The number of para-hydroxylation sites is 1. The first-order valence-electron chi connectivity index (χ1n) is 8.68. The van der Waals surface area contributed by atoms with E-state index in [1.807, 2.05) is 61.5 Å². The number of nitrogens with zero attached hydrogens (tertiary/aromatic N) is 2. The fraction of sp³-hybridized carbons (Fsp3) is 0.0870. The van der Waals surface area contributed by atoms with Crippen molar-refractivity contribution in [3.63, 3.8) is 0 Å².